The molecule has 0 aliphatic rings. The van der Waals surface area contributed by atoms with Crippen LogP contribution in [0, 0.1) is 20.8 Å². The van der Waals surface area contributed by atoms with Crippen LogP contribution in [0.4, 0.5) is 0 Å². The zero-order chi connectivity index (χ0) is 14.8. The van der Waals surface area contributed by atoms with Gasteiger partial charge in [-0.2, -0.15) is 0 Å². The first-order valence-electron chi connectivity index (χ1n) is 6.59. The summed E-state index contributed by atoms with van der Waals surface area (Å²) in [6.07, 6.45) is 4.38. The van der Waals surface area contributed by atoms with E-state index in [0.29, 0.717) is 17.9 Å². The smallest absolute Gasteiger partial charge is 0.241 e. The predicted molar refractivity (Wildman–Crippen MR) is 80.3 cm³/mol. The van der Waals surface area contributed by atoms with E-state index >= 15 is 0 Å². The lowest BCUT2D eigenvalue weighted by Gasteiger charge is -2.13. The second-order valence-electron chi connectivity index (χ2n) is 5.09. The molecule has 0 aliphatic heterocycles. The van der Waals surface area contributed by atoms with E-state index in [9.17, 15) is 8.42 Å². The molecule has 0 unspecified atom stereocenters. The zero-order valence-electron chi connectivity index (χ0n) is 12.0. The molecule has 2 N–H and O–H groups in total. The Hall–Kier alpha value is -1.59. The Balaban J connectivity index is 2.14. The molecule has 0 saturated carbocycles. The van der Waals surface area contributed by atoms with E-state index in [2.05, 4.69) is 9.71 Å². The molecule has 1 aromatic heterocycles. The lowest BCUT2D eigenvalue weighted by Crippen LogP contribution is -2.27. The van der Waals surface area contributed by atoms with Crippen molar-refractivity contribution in [1.29, 1.82) is 0 Å². The van der Waals surface area contributed by atoms with Crippen molar-refractivity contribution < 1.29 is 8.42 Å². The molecular weight excluding hydrogens is 272 g/mol. The maximum Gasteiger partial charge on any atom is 0.241 e. The van der Waals surface area contributed by atoms with Gasteiger partial charge in [0.05, 0.1) is 4.90 Å². The third kappa shape index (κ3) is 3.29. The van der Waals surface area contributed by atoms with Crippen LogP contribution in [0.1, 0.15) is 22.3 Å². The minimum atomic E-state index is -3.45. The van der Waals surface area contributed by atoms with Crippen LogP contribution in [0.5, 0.6) is 0 Å². The monoisotopic (exact) mass is 292 g/mol. The van der Waals surface area contributed by atoms with Gasteiger partial charge in [0.1, 0.15) is 0 Å². The van der Waals surface area contributed by atoms with Gasteiger partial charge in [0.25, 0.3) is 0 Å². The summed E-state index contributed by atoms with van der Waals surface area (Å²) in [5.41, 5.74) is 3.74. The molecule has 1 aromatic carbocycles. The number of H-pyrrole nitrogens is 1. The van der Waals surface area contributed by atoms with Crippen molar-refractivity contribution >= 4 is 10.0 Å². The lowest BCUT2D eigenvalue weighted by molar-refractivity contribution is 0.580. The molecule has 0 fully saturated rings. The van der Waals surface area contributed by atoms with Crippen LogP contribution in [0.3, 0.4) is 0 Å². The minimum Gasteiger partial charge on any atom is -0.367 e. The van der Waals surface area contributed by atoms with Crippen molar-refractivity contribution in [2.24, 2.45) is 0 Å². The molecule has 0 bridgehead atoms. The van der Waals surface area contributed by atoms with Crippen molar-refractivity contribution in [1.82, 2.24) is 9.71 Å². The summed E-state index contributed by atoms with van der Waals surface area (Å²) in [6.45, 7) is 6.03. The second-order valence-corrected chi connectivity index (χ2v) is 6.80. The van der Waals surface area contributed by atoms with Crippen LogP contribution < -0.4 is 4.72 Å². The Morgan fingerprint density at radius 2 is 1.80 bits per heavy atom. The van der Waals surface area contributed by atoms with E-state index in [-0.39, 0.29) is 0 Å². The number of aromatic amines is 1. The third-order valence-electron chi connectivity index (χ3n) is 3.24. The van der Waals surface area contributed by atoms with Gasteiger partial charge in [-0.05, 0) is 49.9 Å². The van der Waals surface area contributed by atoms with Gasteiger partial charge in [-0.3, -0.25) is 0 Å². The predicted octanol–water partition coefficient (Wildman–Crippen LogP) is 2.46. The van der Waals surface area contributed by atoms with Gasteiger partial charge in [0.2, 0.25) is 10.0 Å². The number of nitrogens with one attached hydrogen (secondary N) is 2. The van der Waals surface area contributed by atoms with E-state index in [1.54, 1.807) is 0 Å². The molecule has 0 radical (unpaired) electrons. The topological polar surface area (TPSA) is 62.0 Å². The molecule has 0 atom stereocenters. The Morgan fingerprint density at radius 1 is 1.15 bits per heavy atom. The van der Waals surface area contributed by atoms with Gasteiger partial charge >= 0.3 is 0 Å². The number of sulfonamides is 1. The highest BCUT2D eigenvalue weighted by molar-refractivity contribution is 7.89. The van der Waals surface area contributed by atoms with E-state index in [1.165, 1.54) is 0 Å². The molecule has 2 aromatic rings. The SMILES string of the molecule is Cc1cc(C)c(S(=O)(=O)NCCc2cc[nH]c2)c(C)c1. The van der Waals surface area contributed by atoms with Crippen molar-refractivity contribution in [3.63, 3.8) is 0 Å². The number of hydrogen-bond acceptors (Lipinski definition) is 2. The molecule has 108 valence electrons. The normalized spacial score (nSPS) is 11.8. The van der Waals surface area contributed by atoms with E-state index in [4.69, 9.17) is 0 Å². The van der Waals surface area contributed by atoms with Crippen LogP contribution >= 0.6 is 0 Å². The van der Waals surface area contributed by atoms with Crippen molar-refractivity contribution in [3.05, 3.63) is 52.8 Å². The highest BCUT2D eigenvalue weighted by Crippen LogP contribution is 2.21. The first kappa shape index (κ1) is 14.8. The van der Waals surface area contributed by atoms with Gasteiger partial charge in [0, 0.05) is 18.9 Å². The maximum absolute atomic E-state index is 12.4. The standard InChI is InChI=1S/C15H20N2O2S/c1-11-8-12(2)15(13(3)9-11)20(18,19)17-7-5-14-4-6-16-10-14/h4,6,8-10,16-17H,5,7H2,1-3H3. The molecule has 5 heteroatoms. The fourth-order valence-electron chi connectivity index (χ4n) is 2.51. The third-order valence-corrected chi connectivity index (χ3v) is 5.01. The second kappa shape index (κ2) is 5.81. The molecule has 0 amide bonds. The van der Waals surface area contributed by atoms with Crippen LogP contribution in [0.25, 0.3) is 0 Å². The zero-order valence-corrected chi connectivity index (χ0v) is 12.8. The Bertz CT molecular complexity index is 666. The Kier molecular flexibility index (Phi) is 4.30. The average molecular weight is 292 g/mol. The number of benzene rings is 1. The van der Waals surface area contributed by atoms with E-state index in [0.717, 1.165) is 22.3 Å². The summed E-state index contributed by atoms with van der Waals surface area (Å²) in [5, 5.41) is 0. The van der Waals surface area contributed by atoms with Gasteiger partial charge < -0.3 is 4.98 Å². The number of aryl methyl sites for hydroxylation is 3. The average Bonchev–Trinajstić information content (AvgIpc) is 2.79. The summed E-state index contributed by atoms with van der Waals surface area (Å²) >= 11 is 0. The fourth-order valence-corrected chi connectivity index (χ4v) is 3.99. The van der Waals surface area contributed by atoms with Gasteiger partial charge in [-0.1, -0.05) is 17.7 Å². The Morgan fingerprint density at radius 3 is 2.35 bits per heavy atom. The number of aromatic nitrogens is 1. The van der Waals surface area contributed by atoms with E-state index in [1.807, 2.05) is 51.4 Å². The minimum absolute atomic E-state index is 0.396. The fraction of sp³-hybridized carbons (Fsp3) is 0.333. The summed E-state index contributed by atoms with van der Waals surface area (Å²) in [5.74, 6) is 0. The van der Waals surface area contributed by atoms with Crippen LogP contribution in [0.15, 0.2) is 35.5 Å². The maximum atomic E-state index is 12.4. The van der Waals surface area contributed by atoms with Gasteiger partial charge in [0.15, 0.2) is 0 Å². The van der Waals surface area contributed by atoms with Gasteiger partial charge in [-0.15, -0.1) is 0 Å². The van der Waals surface area contributed by atoms with Crippen molar-refractivity contribution in [3.8, 4) is 0 Å². The summed E-state index contributed by atoms with van der Waals surface area (Å²) in [4.78, 5) is 3.36. The first-order chi connectivity index (χ1) is 9.40. The van der Waals surface area contributed by atoms with Crippen molar-refractivity contribution in [2.45, 2.75) is 32.1 Å². The molecule has 4 nitrogen and oxygen atoms in total. The lowest BCUT2D eigenvalue weighted by atomic mass is 10.1. The van der Waals surface area contributed by atoms with Crippen molar-refractivity contribution in [2.75, 3.05) is 6.54 Å². The molecule has 0 saturated heterocycles. The molecule has 0 aliphatic carbocycles. The summed E-state index contributed by atoms with van der Waals surface area (Å²) in [6, 6.07) is 5.73. The molecule has 0 spiro atoms. The molecule has 20 heavy (non-hydrogen) atoms. The van der Waals surface area contributed by atoms with Crippen LogP contribution in [0.2, 0.25) is 0 Å². The largest absolute Gasteiger partial charge is 0.367 e. The molecular formula is C15H20N2O2S. The quantitative estimate of drug-likeness (QED) is 0.889. The van der Waals surface area contributed by atoms with Crippen LogP contribution in [-0.4, -0.2) is 19.9 Å². The number of rotatable bonds is 5. The Labute approximate surface area is 120 Å². The highest BCUT2D eigenvalue weighted by Gasteiger charge is 2.19. The number of hydrogen-bond donors (Lipinski definition) is 2. The summed E-state index contributed by atoms with van der Waals surface area (Å²) < 4.78 is 27.5. The molecule has 1 heterocycles. The van der Waals surface area contributed by atoms with E-state index < -0.39 is 10.0 Å². The highest BCUT2D eigenvalue weighted by atomic mass is 32.2. The summed E-state index contributed by atoms with van der Waals surface area (Å²) in [7, 11) is -3.45. The van der Waals surface area contributed by atoms with Crippen LogP contribution in [-0.2, 0) is 16.4 Å². The van der Waals surface area contributed by atoms with Gasteiger partial charge in [-0.25, -0.2) is 13.1 Å². The first-order valence-corrected chi connectivity index (χ1v) is 8.07. The molecule has 2 rings (SSSR count).